The monoisotopic (exact) mass is 398 g/mol. The highest BCUT2D eigenvalue weighted by Gasteiger charge is 2.24. The summed E-state index contributed by atoms with van der Waals surface area (Å²) in [5.74, 6) is -0.448. The molecular weight excluding hydrogens is 375 g/mol. The van der Waals surface area contributed by atoms with Crippen molar-refractivity contribution in [1.82, 2.24) is 30.4 Å². The van der Waals surface area contributed by atoms with Gasteiger partial charge in [-0.15, -0.1) is 0 Å². The number of hydrogen-bond donors (Lipinski definition) is 2. The molecule has 1 aromatic carbocycles. The zero-order valence-corrected chi connectivity index (χ0v) is 16.1. The SMILES string of the molecule is C[C@@H](Oc1ccccc1F)C(=O)NCCn1nc([C@H]2CCNC2)c2nccnc21. The number of halogens is 1. The third kappa shape index (κ3) is 4.19. The number of nitrogens with one attached hydrogen (secondary N) is 2. The lowest BCUT2D eigenvalue weighted by Crippen LogP contribution is -2.38. The van der Waals surface area contributed by atoms with Gasteiger partial charge >= 0.3 is 0 Å². The molecule has 0 bridgehead atoms. The first kappa shape index (κ1) is 19.3. The molecule has 29 heavy (non-hydrogen) atoms. The molecule has 1 aliphatic rings. The lowest BCUT2D eigenvalue weighted by atomic mass is 10.0. The van der Waals surface area contributed by atoms with Gasteiger partial charge < -0.3 is 15.4 Å². The number of hydrogen-bond acceptors (Lipinski definition) is 6. The lowest BCUT2D eigenvalue weighted by molar-refractivity contribution is -0.127. The highest BCUT2D eigenvalue weighted by Crippen LogP contribution is 2.26. The molecule has 1 amide bonds. The van der Waals surface area contributed by atoms with Crippen molar-refractivity contribution in [1.29, 1.82) is 0 Å². The van der Waals surface area contributed by atoms with E-state index in [1.807, 2.05) is 0 Å². The normalized spacial score (nSPS) is 17.4. The third-order valence-electron chi connectivity index (χ3n) is 4.97. The van der Waals surface area contributed by atoms with Crippen LogP contribution in [0.25, 0.3) is 11.2 Å². The van der Waals surface area contributed by atoms with E-state index >= 15 is 0 Å². The Kier molecular flexibility index (Phi) is 5.66. The largest absolute Gasteiger partial charge is 0.478 e. The summed E-state index contributed by atoms with van der Waals surface area (Å²) >= 11 is 0. The molecule has 0 saturated carbocycles. The molecular formula is C20H23FN6O2. The molecule has 0 unspecified atom stereocenters. The number of aromatic nitrogens is 4. The van der Waals surface area contributed by atoms with Crippen LogP contribution in [0.15, 0.2) is 36.7 Å². The van der Waals surface area contributed by atoms with Crippen molar-refractivity contribution in [3.63, 3.8) is 0 Å². The van der Waals surface area contributed by atoms with Gasteiger partial charge in [0.15, 0.2) is 23.3 Å². The minimum Gasteiger partial charge on any atom is -0.478 e. The van der Waals surface area contributed by atoms with Gasteiger partial charge in [0.2, 0.25) is 0 Å². The van der Waals surface area contributed by atoms with Crippen molar-refractivity contribution in [3.05, 3.63) is 48.2 Å². The van der Waals surface area contributed by atoms with Crippen LogP contribution < -0.4 is 15.4 Å². The van der Waals surface area contributed by atoms with Gasteiger partial charge in [0.25, 0.3) is 5.91 Å². The average Bonchev–Trinajstić information content (AvgIpc) is 3.38. The number of carbonyl (C=O) groups is 1. The van der Waals surface area contributed by atoms with E-state index in [-0.39, 0.29) is 11.7 Å². The Labute approximate surface area is 167 Å². The van der Waals surface area contributed by atoms with E-state index in [0.29, 0.717) is 24.7 Å². The molecule has 152 valence electrons. The molecule has 2 aromatic heterocycles. The summed E-state index contributed by atoms with van der Waals surface area (Å²) in [6.07, 6.45) is 3.51. The number of para-hydroxylation sites is 1. The number of benzene rings is 1. The van der Waals surface area contributed by atoms with E-state index in [1.165, 1.54) is 12.1 Å². The molecule has 0 aliphatic carbocycles. The summed E-state index contributed by atoms with van der Waals surface area (Å²) in [4.78, 5) is 21.2. The van der Waals surface area contributed by atoms with Gasteiger partial charge in [-0.3, -0.25) is 4.79 Å². The Bertz CT molecular complexity index is 1000. The molecule has 3 heterocycles. The summed E-state index contributed by atoms with van der Waals surface area (Å²) in [7, 11) is 0. The van der Waals surface area contributed by atoms with Crippen LogP contribution >= 0.6 is 0 Å². The second-order valence-electron chi connectivity index (χ2n) is 7.01. The second-order valence-corrected chi connectivity index (χ2v) is 7.01. The molecule has 2 atom stereocenters. The van der Waals surface area contributed by atoms with Gasteiger partial charge in [-0.2, -0.15) is 5.10 Å². The highest BCUT2D eigenvalue weighted by molar-refractivity contribution is 5.80. The van der Waals surface area contributed by atoms with Gasteiger partial charge in [-0.25, -0.2) is 19.0 Å². The predicted octanol–water partition coefficient (Wildman–Crippen LogP) is 1.63. The molecule has 9 heteroatoms. The summed E-state index contributed by atoms with van der Waals surface area (Å²) < 4.78 is 20.9. The minimum atomic E-state index is -0.818. The molecule has 1 saturated heterocycles. The number of amides is 1. The topological polar surface area (TPSA) is 94.0 Å². The third-order valence-corrected chi connectivity index (χ3v) is 4.97. The summed E-state index contributed by atoms with van der Waals surface area (Å²) in [6, 6.07) is 6.01. The van der Waals surface area contributed by atoms with Gasteiger partial charge in [0.1, 0.15) is 5.52 Å². The number of fused-ring (bicyclic) bond motifs is 1. The maximum atomic E-state index is 13.7. The first-order chi connectivity index (χ1) is 14.1. The quantitative estimate of drug-likeness (QED) is 0.628. The van der Waals surface area contributed by atoms with Crippen molar-refractivity contribution in [2.24, 2.45) is 0 Å². The van der Waals surface area contributed by atoms with Crippen LogP contribution in [-0.2, 0) is 11.3 Å². The fraction of sp³-hybridized carbons (Fsp3) is 0.400. The molecule has 0 radical (unpaired) electrons. The minimum absolute atomic E-state index is 0.0540. The molecule has 2 N–H and O–H groups in total. The number of rotatable bonds is 7. The second kappa shape index (κ2) is 8.52. The Morgan fingerprint density at radius 1 is 1.38 bits per heavy atom. The Hall–Kier alpha value is -3.07. The van der Waals surface area contributed by atoms with Crippen LogP contribution in [0.5, 0.6) is 5.75 Å². The van der Waals surface area contributed by atoms with Crippen molar-refractivity contribution in [3.8, 4) is 5.75 Å². The summed E-state index contributed by atoms with van der Waals surface area (Å²) in [6.45, 7) is 4.23. The van der Waals surface area contributed by atoms with Crippen molar-refractivity contribution >= 4 is 17.1 Å². The first-order valence-electron chi connectivity index (χ1n) is 9.70. The zero-order valence-electron chi connectivity index (χ0n) is 16.1. The Balaban J connectivity index is 1.38. The van der Waals surface area contributed by atoms with Gasteiger partial charge in [0, 0.05) is 31.4 Å². The average molecular weight is 398 g/mol. The number of nitrogens with zero attached hydrogens (tertiary/aromatic N) is 4. The summed E-state index contributed by atoms with van der Waals surface area (Å²) in [5, 5.41) is 10.9. The van der Waals surface area contributed by atoms with E-state index in [2.05, 4.69) is 20.6 Å². The van der Waals surface area contributed by atoms with Crippen LogP contribution in [0.4, 0.5) is 4.39 Å². The van der Waals surface area contributed by atoms with Gasteiger partial charge in [-0.05, 0) is 32.0 Å². The first-order valence-corrected chi connectivity index (χ1v) is 9.70. The zero-order chi connectivity index (χ0) is 20.2. The number of ether oxygens (including phenoxy) is 1. The van der Waals surface area contributed by atoms with Crippen LogP contribution in [0.2, 0.25) is 0 Å². The van der Waals surface area contributed by atoms with Crippen molar-refractivity contribution < 1.29 is 13.9 Å². The van der Waals surface area contributed by atoms with Crippen LogP contribution in [0.1, 0.15) is 25.0 Å². The van der Waals surface area contributed by atoms with Crippen molar-refractivity contribution in [2.75, 3.05) is 19.6 Å². The molecule has 1 aliphatic heterocycles. The van der Waals surface area contributed by atoms with Crippen LogP contribution in [0, 0.1) is 5.82 Å². The smallest absolute Gasteiger partial charge is 0.260 e. The Morgan fingerprint density at radius 2 is 2.21 bits per heavy atom. The highest BCUT2D eigenvalue weighted by atomic mass is 19.1. The van der Waals surface area contributed by atoms with Gasteiger partial charge in [0.05, 0.1) is 12.2 Å². The maximum absolute atomic E-state index is 13.7. The summed E-state index contributed by atoms with van der Waals surface area (Å²) in [5.41, 5.74) is 2.46. The standard InChI is InChI=1S/C20H23FN6O2/c1-13(29-16-5-3-2-4-15(16)21)20(28)25-10-11-27-19-18(23-8-9-24-19)17(26-27)14-6-7-22-12-14/h2-5,8-9,13-14,22H,6-7,10-12H2,1H3,(H,25,28)/t13-,14+/m1/s1. The van der Waals surface area contributed by atoms with Crippen LogP contribution in [-0.4, -0.2) is 51.4 Å². The predicted molar refractivity (Wildman–Crippen MR) is 105 cm³/mol. The van der Waals surface area contributed by atoms with E-state index in [9.17, 15) is 9.18 Å². The lowest BCUT2D eigenvalue weighted by Gasteiger charge is -2.15. The fourth-order valence-electron chi connectivity index (χ4n) is 3.46. The van der Waals surface area contributed by atoms with Crippen molar-refractivity contribution in [2.45, 2.75) is 31.9 Å². The molecule has 1 fully saturated rings. The molecule has 4 rings (SSSR count). The van der Waals surface area contributed by atoms with Gasteiger partial charge in [-0.1, -0.05) is 12.1 Å². The molecule has 8 nitrogen and oxygen atoms in total. The van der Waals surface area contributed by atoms with E-state index in [4.69, 9.17) is 9.84 Å². The molecule has 0 spiro atoms. The maximum Gasteiger partial charge on any atom is 0.260 e. The Morgan fingerprint density at radius 3 is 3.00 bits per heavy atom. The van der Waals surface area contributed by atoms with E-state index in [0.717, 1.165) is 30.7 Å². The van der Waals surface area contributed by atoms with E-state index < -0.39 is 11.9 Å². The van der Waals surface area contributed by atoms with Crippen LogP contribution in [0.3, 0.4) is 0 Å². The number of carbonyl (C=O) groups excluding carboxylic acids is 1. The fourth-order valence-corrected chi connectivity index (χ4v) is 3.46. The molecule has 3 aromatic rings. The van der Waals surface area contributed by atoms with E-state index in [1.54, 1.807) is 36.1 Å².